The smallest absolute Gasteiger partial charge is 0.156 e. The van der Waals surface area contributed by atoms with Gasteiger partial charge >= 0.3 is 0 Å². The van der Waals surface area contributed by atoms with Crippen molar-refractivity contribution >= 4 is 23.7 Å². The van der Waals surface area contributed by atoms with E-state index in [1.54, 1.807) is 12.3 Å². The maximum atomic E-state index is 3.94. The Bertz CT molecular complexity index is 724. The van der Waals surface area contributed by atoms with E-state index in [-0.39, 0.29) is 0 Å². The molecule has 4 nitrogen and oxygen atoms in total. The number of aromatic nitrogens is 3. The Balaban J connectivity index is 1.84. The summed E-state index contributed by atoms with van der Waals surface area (Å²) in [6, 6.07) is 20.0. The van der Waals surface area contributed by atoms with Crippen molar-refractivity contribution < 1.29 is 0 Å². The first kappa shape index (κ1) is 13.0. The molecule has 0 fully saturated rings. The molecule has 1 N–H and O–H groups in total. The van der Waals surface area contributed by atoms with Crippen LogP contribution in [0.15, 0.2) is 66.9 Å². The molecule has 1 aromatic heterocycles. The predicted octanol–water partition coefficient (Wildman–Crippen LogP) is 3.79. The molecule has 0 aliphatic rings. The molecule has 0 aliphatic carbocycles. The highest BCUT2D eigenvalue weighted by Crippen LogP contribution is 2.21. The molecule has 0 saturated carbocycles. The Hall–Kier alpha value is -3.01. The lowest BCUT2D eigenvalue weighted by Gasteiger charge is -2.07. The highest BCUT2D eigenvalue weighted by molar-refractivity contribution is 5.78. The lowest BCUT2D eigenvalue weighted by molar-refractivity contribution is 0.871. The number of benzene rings is 2. The van der Waals surface area contributed by atoms with E-state index < -0.39 is 0 Å². The van der Waals surface area contributed by atoms with Crippen LogP contribution in [0.4, 0.5) is 11.5 Å². The summed E-state index contributed by atoms with van der Waals surface area (Å²) in [4.78, 5) is 0. The Kier molecular flexibility index (Phi) is 3.98. The zero-order valence-corrected chi connectivity index (χ0v) is 11.3. The molecule has 0 saturated heterocycles. The van der Waals surface area contributed by atoms with Crippen LogP contribution in [0.3, 0.4) is 0 Å². The van der Waals surface area contributed by atoms with Crippen LogP contribution in [0.1, 0.15) is 11.1 Å². The Morgan fingerprint density at radius 1 is 0.810 bits per heavy atom. The first-order chi connectivity index (χ1) is 10.4. The zero-order chi connectivity index (χ0) is 14.3. The molecule has 0 aliphatic heterocycles. The summed E-state index contributed by atoms with van der Waals surface area (Å²) < 4.78 is 0. The number of anilines is 2. The van der Waals surface area contributed by atoms with Gasteiger partial charge in [-0.3, -0.25) is 0 Å². The molecule has 0 bridgehead atoms. The van der Waals surface area contributed by atoms with E-state index in [0.29, 0.717) is 5.82 Å². The molecule has 2 aromatic carbocycles. The highest BCUT2D eigenvalue weighted by Gasteiger charge is 2.00. The first-order valence-corrected chi connectivity index (χ1v) is 6.65. The molecular weight excluding hydrogens is 260 g/mol. The van der Waals surface area contributed by atoms with Crippen molar-refractivity contribution in [3.63, 3.8) is 0 Å². The van der Waals surface area contributed by atoms with Gasteiger partial charge in [0.1, 0.15) is 0 Å². The molecule has 0 amide bonds. The number of nitrogens with zero attached hydrogens (tertiary/aromatic N) is 3. The normalized spacial score (nSPS) is 10.7. The summed E-state index contributed by atoms with van der Waals surface area (Å²) in [6.07, 6.45) is 5.77. The standard InChI is InChI=1S/C17H14N4/c1-2-6-14(7-3-1)10-11-15-8-4-5-9-16(15)19-17-12-13-18-21-20-17/h1-13H,(H,18,19,20). The third-order valence-corrected chi connectivity index (χ3v) is 2.98. The molecule has 102 valence electrons. The van der Waals surface area contributed by atoms with Gasteiger partial charge < -0.3 is 5.32 Å². The molecule has 3 aromatic rings. The molecule has 4 heteroatoms. The fraction of sp³-hybridized carbons (Fsp3) is 0. The maximum absolute atomic E-state index is 3.94. The van der Waals surface area contributed by atoms with Crippen molar-refractivity contribution in [3.05, 3.63) is 78.0 Å². The summed E-state index contributed by atoms with van der Waals surface area (Å²) in [5.74, 6) is 0.672. The van der Waals surface area contributed by atoms with Gasteiger partial charge in [-0.2, -0.15) is 0 Å². The van der Waals surface area contributed by atoms with Crippen LogP contribution < -0.4 is 5.32 Å². The minimum atomic E-state index is 0.672. The number of nitrogens with one attached hydrogen (secondary N) is 1. The van der Waals surface area contributed by atoms with Crippen LogP contribution in [-0.2, 0) is 0 Å². The van der Waals surface area contributed by atoms with Crippen molar-refractivity contribution in [1.29, 1.82) is 0 Å². The average molecular weight is 274 g/mol. The Morgan fingerprint density at radius 3 is 2.43 bits per heavy atom. The predicted molar refractivity (Wildman–Crippen MR) is 84.9 cm³/mol. The zero-order valence-electron chi connectivity index (χ0n) is 11.3. The molecule has 21 heavy (non-hydrogen) atoms. The van der Waals surface area contributed by atoms with Crippen molar-refractivity contribution in [2.45, 2.75) is 0 Å². The second kappa shape index (κ2) is 6.43. The monoisotopic (exact) mass is 274 g/mol. The van der Waals surface area contributed by atoms with E-state index in [4.69, 9.17) is 0 Å². The molecule has 0 radical (unpaired) electrons. The molecule has 0 spiro atoms. The number of hydrogen-bond donors (Lipinski definition) is 1. The van der Waals surface area contributed by atoms with Gasteiger partial charge in [-0.15, -0.1) is 10.2 Å². The van der Waals surface area contributed by atoms with Gasteiger partial charge in [-0.25, -0.2) is 0 Å². The van der Waals surface area contributed by atoms with Crippen molar-refractivity contribution in [2.24, 2.45) is 0 Å². The van der Waals surface area contributed by atoms with Crippen LogP contribution in [0, 0.1) is 0 Å². The van der Waals surface area contributed by atoms with Crippen LogP contribution in [0.5, 0.6) is 0 Å². The van der Waals surface area contributed by atoms with Gasteiger partial charge in [-0.1, -0.05) is 60.7 Å². The highest BCUT2D eigenvalue weighted by atomic mass is 15.3. The summed E-state index contributed by atoms with van der Waals surface area (Å²) in [5.41, 5.74) is 3.22. The third kappa shape index (κ3) is 3.51. The van der Waals surface area contributed by atoms with Crippen molar-refractivity contribution in [1.82, 2.24) is 15.4 Å². The summed E-state index contributed by atoms with van der Waals surface area (Å²) in [5, 5.41) is 14.5. The van der Waals surface area contributed by atoms with E-state index >= 15 is 0 Å². The number of rotatable bonds is 4. The summed E-state index contributed by atoms with van der Waals surface area (Å²) in [6.45, 7) is 0. The molecule has 1 heterocycles. The van der Waals surface area contributed by atoms with Crippen LogP contribution >= 0.6 is 0 Å². The topological polar surface area (TPSA) is 50.7 Å². The van der Waals surface area contributed by atoms with Crippen LogP contribution in [0.2, 0.25) is 0 Å². The summed E-state index contributed by atoms with van der Waals surface area (Å²) >= 11 is 0. The minimum Gasteiger partial charge on any atom is -0.338 e. The van der Waals surface area contributed by atoms with Gasteiger partial charge in [0.05, 0.1) is 6.20 Å². The molecule has 0 atom stereocenters. The third-order valence-electron chi connectivity index (χ3n) is 2.98. The molecule has 0 unspecified atom stereocenters. The van der Waals surface area contributed by atoms with Gasteiger partial charge in [0.15, 0.2) is 5.82 Å². The van der Waals surface area contributed by atoms with Crippen molar-refractivity contribution in [2.75, 3.05) is 5.32 Å². The Morgan fingerprint density at radius 2 is 1.62 bits per heavy atom. The van der Waals surface area contributed by atoms with E-state index in [1.165, 1.54) is 0 Å². The van der Waals surface area contributed by atoms with Gasteiger partial charge in [0.25, 0.3) is 0 Å². The SMILES string of the molecule is C(=Cc1ccccc1Nc1ccnnn1)c1ccccc1. The second-order valence-corrected chi connectivity index (χ2v) is 4.46. The Labute approximate surface area is 123 Å². The van der Waals surface area contributed by atoms with Crippen LogP contribution in [0.25, 0.3) is 12.2 Å². The molecular formula is C17H14N4. The summed E-state index contributed by atoms with van der Waals surface area (Å²) in [7, 11) is 0. The van der Waals surface area contributed by atoms with Crippen molar-refractivity contribution in [3.8, 4) is 0 Å². The maximum Gasteiger partial charge on any atom is 0.156 e. The average Bonchev–Trinajstić information content (AvgIpc) is 2.56. The van der Waals surface area contributed by atoms with E-state index in [0.717, 1.165) is 16.8 Å². The van der Waals surface area contributed by atoms with Gasteiger partial charge in [0.2, 0.25) is 0 Å². The molecule has 3 rings (SSSR count). The first-order valence-electron chi connectivity index (χ1n) is 6.65. The van der Waals surface area contributed by atoms with E-state index in [1.807, 2.05) is 36.4 Å². The number of para-hydroxylation sites is 1. The van der Waals surface area contributed by atoms with Gasteiger partial charge in [-0.05, 0) is 22.4 Å². The quantitative estimate of drug-likeness (QED) is 0.735. The fourth-order valence-electron chi connectivity index (χ4n) is 1.95. The minimum absolute atomic E-state index is 0.672. The lowest BCUT2D eigenvalue weighted by Crippen LogP contribution is -1.97. The van der Waals surface area contributed by atoms with E-state index in [2.05, 4.69) is 51.1 Å². The van der Waals surface area contributed by atoms with Crippen LogP contribution in [-0.4, -0.2) is 15.4 Å². The fourth-order valence-corrected chi connectivity index (χ4v) is 1.95. The largest absolute Gasteiger partial charge is 0.338 e. The number of hydrogen-bond acceptors (Lipinski definition) is 4. The lowest BCUT2D eigenvalue weighted by atomic mass is 10.1. The van der Waals surface area contributed by atoms with Gasteiger partial charge in [0, 0.05) is 11.8 Å². The van der Waals surface area contributed by atoms with E-state index in [9.17, 15) is 0 Å². The second-order valence-electron chi connectivity index (χ2n) is 4.46.